The van der Waals surface area contributed by atoms with E-state index in [9.17, 15) is 4.79 Å². The first-order valence-electron chi connectivity index (χ1n) is 27.5. The van der Waals surface area contributed by atoms with Gasteiger partial charge in [-0.25, -0.2) is 13.2 Å². The van der Waals surface area contributed by atoms with Crippen molar-refractivity contribution in [2.45, 2.75) is 109 Å². The van der Waals surface area contributed by atoms with Gasteiger partial charge in [0, 0.05) is 17.2 Å². The monoisotopic (exact) mass is 1130 g/mol. The summed E-state index contributed by atoms with van der Waals surface area (Å²) in [6, 6.07) is 53.3. The first-order valence-corrected chi connectivity index (χ1v) is 32.4. The van der Waals surface area contributed by atoms with Crippen LogP contribution in [0.25, 0.3) is 21.9 Å². The molecule has 0 radical (unpaired) electrons. The Kier molecular flexibility index (Phi) is 18.0. The van der Waals surface area contributed by atoms with Crippen molar-refractivity contribution in [2.24, 2.45) is 0 Å². The van der Waals surface area contributed by atoms with Gasteiger partial charge in [0.15, 0.2) is 0 Å². The van der Waals surface area contributed by atoms with E-state index < -0.39 is 44.3 Å². The predicted octanol–water partition coefficient (Wildman–Crippen LogP) is 14.4. The van der Waals surface area contributed by atoms with E-state index in [0.717, 1.165) is 60.1 Å². The number of hydrogen-bond acceptors (Lipinski definition) is 9. The van der Waals surface area contributed by atoms with Crippen LogP contribution in [0.3, 0.4) is 0 Å². The fraction of sp³-hybridized carbons (Fsp3) is 0.299. The van der Waals surface area contributed by atoms with Crippen LogP contribution >= 0.6 is 7.92 Å². The van der Waals surface area contributed by atoms with E-state index in [1.54, 1.807) is 51.7 Å². The summed E-state index contributed by atoms with van der Waals surface area (Å²) in [4.78, 5) is 15.1. The van der Waals surface area contributed by atoms with Gasteiger partial charge in [-0.15, -0.1) is 0 Å². The van der Waals surface area contributed by atoms with Crippen molar-refractivity contribution in [3.05, 3.63) is 203 Å². The van der Waals surface area contributed by atoms with Gasteiger partial charge in [-0.1, -0.05) is 168 Å². The number of hydrogen-bond donors (Lipinski definition) is 0. The van der Waals surface area contributed by atoms with Gasteiger partial charge in [0.1, 0.15) is 36.2 Å². The second-order valence-corrected chi connectivity index (χ2v) is 31.1. The number of carbonyl (C=O) groups excluding carboxylic acids is 1. The molecular formula is C67H74NO9PSSi. The van der Waals surface area contributed by atoms with Gasteiger partial charge in [0.05, 0.1) is 55.9 Å². The van der Waals surface area contributed by atoms with Crippen molar-refractivity contribution in [3.8, 4) is 34.1 Å². The number of sulfonamides is 1. The Balaban J connectivity index is 1.22. The van der Waals surface area contributed by atoms with Gasteiger partial charge >= 0.3 is 5.97 Å². The first-order chi connectivity index (χ1) is 38.5. The largest absolute Gasteiger partial charge is 0.496 e. The zero-order valence-electron chi connectivity index (χ0n) is 47.9. The molecule has 0 aliphatic carbocycles. The molecule has 2 atom stereocenters. The molecule has 0 N–H and O–H groups in total. The minimum atomic E-state index is -4.25. The second kappa shape index (κ2) is 24.9. The van der Waals surface area contributed by atoms with Gasteiger partial charge < -0.3 is 28.1 Å². The SMILES string of the molecule is COc1cc(OC)c2c(c1-c1ccc(OCc3ccccc3)c3c(OC)cc(CO[Si](C(C)C)(C(C)C)C(C)C)cc13)C[C@@H](COC(=O)c1ccccc1P(c1ccccc1)c1ccccc1)N(S(=O)(=O)c1ccc(C)cc1)[C@@H]2C. The van der Waals surface area contributed by atoms with Crippen LogP contribution in [-0.4, -0.2) is 61.0 Å². The third-order valence-corrected chi connectivity index (χ3v) is 26.5. The summed E-state index contributed by atoms with van der Waals surface area (Å²) in [5.74, 6) is 1.69. The summed E-state index contributed by atoms with van der Waals surface area (Å²) >= 11 is 0. The summed E-state index contributed by atoms with van der Waals surface area (Å²) < 4.78 is 71.7. The molecule has 0 spiro atoms. The maximum absolute atomic E-state index is 15.4. The van der Waals surface area contributed by atoms with Crippen LogP contribution in [0.15, 0.2) is 175 Å². The lowest BCUT2D eigenvalue weighted by atomic mass is 9.82. The molecule has 0 fully saturated rings. The Morgan fingerprint density at radius 3 is 1.80 bits per heavy atom. The molecule has 8 aromatic carbocycles. The molecule has 416 valence electrons. The highest BCUT2D eigenvalue weighted by Gasteiger charge is 2.46. The highest BCUT2D eigenvalue weighted by atomic mass is 32.2. The van der Waals surface area contributed by atoms with Crippen LogP contribution in [0.4, 0.5) is 0 Å². The van der Waals surface area contributed by atoms with Crippen molar-refractivity contribution in [1.29, 1.82) is 0 Å². The van der Waals surface area contributed by atoms with Crippen molar-refractivity contribution in [3.63, 3.8) is 0 Å². The quantitative estimate of drug-likeness (QED) is 0.0395. The molecule has 0 aromatic heterocycles. The maximum Gasteiger partial charge on any atom is 0.338 e. The number of rotatable bonds is 21. The Hall–Kier alpha value is -6.79. The Bertz CT molecular complexity index is 3500. The summed E-state index contributed by atoms with van der Waals surface area (Å²) in [5, 5.41) is 4.59. The third-order valence-electron chi connectivity index (χ3n) is 15.9. The molecule has 0 saturated heterocycles. The van der Waals surface area contributed by atoms with E-state index in [2.05, 4.69) is 84.0 Å². The molecule has 1 aliphatic rings. The topological polar surface area (TPSA) is 110 Å². The molecule has 13 heteroatoms. The van der Waals surface area contributed by atoms with Gasteiger partial charge in [-0.2, -0.15) is 4.31 Å². The number of fused-ring (bicyclic) bond motifs is 2. The molecule has 80 heavy (non-hydrogen) atoms. The summed E-state index contributed by atoms with van der Waals surface area (Å²) in [6.07, 6.45) is 0.127. The van der Waals surface area contributed by atoms with Crippen LogP contribution in [0, 0.1) is 6.92 Å². The molecule has 10 nitrogen and oxygen atoms in total. The van der Waals surface area contributed by atoms with Gasteiger partial charge in [-0.3, -0.25) is 0 Å². The van der Waals surface area contributed by atoms with Gasteiger partial charge in [-0.05, 0) is 131 Å². The van der Waals surface area contributed by atoms with E-state index in [1.165, 1.54) is 4.31 Å². The third kappa shape index (κ3) is 11.4. The van der Waals surface area contributed by atoms with E-state index >= 15 is 8.42 Å². The molecular weight excluding hydrogens is 1050 g/mol. The second-order valence-electron chi connectivity index (χ2n) is 21.6. The zero-order valence-corrected chi connectivity index (χ0v) is 50.6. The van der Waals surface area contributed by atoms with Crippen LogP contribution in [0.5, 0.6) is 23.0 Å². The minimum absolute atomic E-state index is 0.127. The average molecular weight is 1130 g/mol. The number of carbonyl (C=O) groups is 1. The molecule has 0 amide bonds. The standard InChI is InChI=1S/C67H74NO9PSSi/c1-44(2)80(45(3)4,46(5)6)77-42-50-37-57-55(35-36-59(66(57)60(38-50)72-9)75-41-49-23-15-12-16-24-49)65-58-39-51(68(79(70,71)54-33-31-47(7)32-34-54)48(8)64(58)61(73-10)40-62(65)74-11)43-76-67(69)56-29-21-22-30-63(56)78(52-25-17-13-18-26-52)53-27-19-14-20-28-53/h12-38,40,44-46,48,51H,39,41-43H2,1-11H3/t48-,51+/m1/s1. The van der Waals surface area contributed by atoms with Crippen molar-refractivity contribution in [2.75, 3.05) is 27.9 Å². The van der Waals surface area contributed by atoms with Crippen molar-refractivity contribution >= 4 is 58.9 Å². The van der Waals surface area contributed by atoms with Gasteiger partial charge in [0.25, 0.3) is 0 Å². The summed E-state index contributed by atoms with van der Waals surface area (Å²) in [5.41, 5.74) is 7.42. The lowest BCUT2D eigenvalue weighted by Gasteiger charge is -2.42. The number of benzene rings is 8. The number of methoxy groups -OCH3 is 3. The lowest BCUT2D eigenvalue weighted by Crippen LogP contribution is -2.49. The van der Waals surface area contributed by atoms with E-state index in [-0.39, 0.29) is 17.9 Å². The summed E-state index contributed by atoms with van der Waals surface area (Å²) in [7, 11) is -2.85. The smallest absolute Gasteiger partial charge is 0.338 e. The molecule has 9 rings (SSSR count). The van der Waals surface area contributed by atoms with Crippen molar-refractivity contribution < 1.29 is 41.3 Å². The average Bonchev–Trinajstić information content (AvgIpc) is 3.65. The number of nitrogens with zero attached hydrogens (tertiary/aromatic N) is 1. The van der Waals surface area contributed by atoms with Crippen molar-refractivity contribution in [1.82, 2.24) is 4.31 Å². The number of aryl methyl sites for hydroxylation is 1. The van der Waals surface area contributed by atoms with Crippen LogP contribution < -0.4 is 34.9 Å². The lowest BCUT2D eigenvalue weighted by molar-refractivity contribution is 0.0388. The number of ether oxygens (including phenoxy) is 5. The molecule has 0 unspecified atom stereocenters. The van der Waals surface area contributed by atoms with E-state index in [4.69, 9.17) is 28.1 Å². The van der Waals surface area contributed by atoms with E-state index in [1.807, 2.05) is 111 Å². The highest BCUT2D eigenvalue weighted by molar-refractivity contribution is 7.89. The summed E-state index contributed by atoms with van der Waals surface area (Å²) in [6.45, 7) is 18.0. The normalized spacial score (nSPS) is 14.9. The minimum Gasteiger partial charge on any atom is -0.496 e. The van der Waals surface area contributed by atoms with Crippen LogP contribution in [0.2, 0.25) is 16.6 Å². The fourth-order valence-corrected chi connectivity index (χ4v) is 21.9. The molecule has 0 bridgehead atoms. The van der Waals surface area contributed by atoms with E-state index in [0.29, 0.717) is 64.0 Å². The Morgan fingerprint density at radius 1 is 0.637 bits per heavy atom. The molecule has 1 heterocycles. The maximum atomic E-state index is 15.4. The predicted molar refractivity (Wildman–Crippen MR) is 327 cm³/mol. The Morgan fingerprint density at radius 2 is 1.21 bits per heavy atom. The van der Waals surface area contributed by atoms with Crippen LogP contribution in [-0.2, 0) is 38.8 Å². The molecule has 0 saturated carbocycles. The number of esters is 1. The first kappa shape index (κ1) is 57.9. The highest BCUT2D eigenvalue weighted by Crippen LogP contribution is 2.52. The fourth-order valence-electron chi connectivity index (χ4n) is 12.3. The van der Waals surface area contributed by atoms with Gasteiger partial charge in [0.2, 0.25) is 18.3 Å². The Labute approximate surface area is 475 Å². The zero-order chi connectivity index (χ0) is 56.9. The molecule has 8 aromatic rings. The van der Waals surface area contributed by atoms with Crippen LogP contribution in [0.1, 0.15) is 92.7 Å². The molecule has 1 aliphatic heterocycles.